The summed E-state index contributed by atoms with van der Waals surface area (Å²) in [6.45, 7) is 10.5. The predicted molar refractivity (Wildman–Crippen MR) is 226 cm³/mol. The number of phenolic OH excluding ortho intramolecular Hbond substituents is 1. The molecule has 4 rings (SSSR count). The SMILES string of the molecule is CC(=O)OCC1OC(Oc2cc([N+](=O)[O-])c(F)cc2C)C(OC(C)=O)C(OC(C)=O)C1OC(C)=O.CC(=O)OCC1OC(Oc2cc([N+](=O)[O-])c(O)cc2C)C(OC(C)=O)C(OC(C)=O)C1OC(C)=O.O.[Ar].[Ar]. The number of hydrogen-bond acceptors (Lipinski definition) is 25. The van der Waals surface area contributed by atoms with Gasteiger partial charge in [0.1, 0.15) is 36.9 Å². The molecule has 2 heterocycles. The number of halogens is 1. The molecule has 0 aliphatic carbocycles. The fraction of sp³-hybridized carbons (Fsp3) is 0.524. The van der Waals surface area contributed by atoms with Crippen molar-refractivity contribution in [3.63, 3.8) is 0 Å². The molecule has 0 radical (unpaired) electrons. The monoisotopic (exact) mass is 1100 g/mol. The van der Waals surface area contributed by atoms with Crippen LogP contribution in [-0.4, -0.2) is 143 Å². The van der Waals surface area contributed by atoms with Crippen molar-refractivity contribution in [3.8, 4) is 17.2 Å². The van der Waals surface area contributed by atoms with E-state index in [4.69, 9.17) is 56.8 Å². The van der Waals surface area contributed by atoms with E-state index in [0.717, 1.165) is 79.7 Å². The largest absolute Gasteiger partial charge is 0.502 e. The number of ether oxygens (including phenoxy) is 12. The van der Waals surface area contributed by atoms with Gasteiger partial charge in [0.05, 0.1) is 22.0 Å². The molecule has 0 saturated carbocycles. The van der Waals surface area contributed by atoms with Crippen molar-refractivity contribution < 1.29 is 195 Å². The molecule has 2 fully saturated rings. The summed E-state index contributed by atoms with van der Waals surface area (Å²) in [7, 11) is 0. The Kier molecular flexibility index (Phi) is 28.6. The summed E-state index contributed by atoms with van der Waals surface area (Å²) < 4.78 is 78.5. The van der Waals surface area contributed by atoms with Gasteiger partial charge < -0.3 is 67.4 Å². The maximum absolute atomic E-state index is 14.0. The Morgan fingerprint density at radius 2 is 0.822 bits per heavy atom. The fourth-order valence-electron chi connectivity index (χ4n) is 6.66. The summed E-state index contributed by atoms with van der Waals surface area (Å²) in [5.74, 6) is -8.42. The first kappa shape index (κ1) is 67.7. The number of nitro groups is 2. The van der Waals surface area contributed by atoms with E-state index < -0.39 is 155 Å². The Morgan fingerprint density at radius 1 is 0.521 bits per heavy atom. The predicted octanol–water partition coefficient (Wildman–Crippen LogP) is 1.75. The number of aryl methyl sites for hydroxylation is 2. The van der Waals surface area contributed by atoms with Gasteiger partial charge in [0.25, 0.3) is 0 Å². The van der Waals surface area contributed by atoms with Crippen LogP contribution in [-0.2, 0) is 85.7 Å². The molecule has 408 valence electrons. The zero-order valence-corrected chi connectivity index (χ0v) is 41.6. The second-order valence-electron chi connectivity index (χ2n) is 15.1. The Hall–Kier alpha value is -5.27. The van der Waals surface area contributed by atoms with Crippen LogP contribution in [0.25, 0.3) is 0 Å². The molecule has 10 unspecified atom stereocenters. The van der Waals surface area contributed by atoms with Crippen LogP contribution in [0.2, 0.25) is 0 Å². The number of benzene rings is 2. The second kappa shape index (κ2) is 30.8. The van der Waals surface area contributed by atoms with E-state index in [2.05, 4.69) is 0 Å². The molecule has 0 bridgehead atoms. The van der Waals surface area contributed by atoms with Gasteiger partial charge >= 0.3 is 59.1 Å². The number of nitro benzene ring substituents is 2. The first-order valence-corrected chi connectivity index (χ1v) is 20.5. The van der Waals surface area contributed by atoms with Gasteiger partial charge in [-0.25, -0.2) is 0 Å². The number of rotatable bonds is 16. The molecule has 10 atom stereocenters. The van der Waals surface area contributed by atoms with Crippen molar-refractivity contribution in [1.29, 1.82) is 0 Å². The summed E-state index contributed by atoms with van der Waals surface area (Å²) in [5, 5.41) is 32.2. The van der Waals surface area contributed by atoms with Crippen LogP contribution >= 0.6 is 0 Å². The third-order valence-corrected chi connectivity index (χ3v) is 9.29. The van der Waals surface area contributed by atoms with Crippen LogP contribution in [0.5, 0.6) is 17.2 Å². The zero-order chi connectivity index (χ0) is 52.9. The Balaban J connectivity index is 0.00000136. The molecule has 0 spiro atoms. The molecule has 0 aromatic heterocycles. The zero-order valence-electron chi connectivity index (χ0n) is 40.2. The Labute approximate surface area is 473 Å². The molecule has 2 aromatic carbocycles. The third kappa shape index (κ3) is 20.5. The number of carbonyl (C=O) groups excluding carboxylic acids is 8. The summed E-state index contributed by atoms with van der Waals surface area (Å²) in [6, 6.07) is 3.68. The minimum atomic E-state index is -1.61. The van der Waals surface area contributed by atoms with Crippen molar-refractivity contribution in [3.05, 3.63) is 61.4 Å². The minimum Gasteiger partial charge on any atom is -0.502 e. The summed E-state index contributed by atoms with van der Waals surface area (Å²) in [6.07, 6.45) is -14.5. The molecule has 2 aliphatic rings. The van der Waals surface area contributed by atoms with E-state index in [-0.39, 0.29) is 104 Å². The van der Waals surface area contributed by atoms with Crippen LogP contribution in [0.15, 0.2) is 24.3 Å². The van der Waals surface area contributed by atoms with E-state index >= 15 is 0 Å². The molecule has 31 heteroatoms. The molecule has 28 nitrogen and oxygen atoms in total. The number of nitrogens with zero attached hydrogens (tertiary/aromatic N) is 2. The summed E-state index contributed by atoms with van der Waals surface area (Å²) in [5.41, 5.74) is -1.19. The molecule has 2 aliphatic heterocycles. The van der Waals surface area contributed by atoms with E-state index in [1.807, 2.05) is 0 Å². The average Bonchev–Trinajstić information content (AvgIpc) is 3.21. The molecular weight excluding hydrogens is 1050 g/mol. The Bertz CT molecular complexity index is 2190. The standard InChI is InChI=1S/C21H24FNO12.C21H25NO13.2Ar.H2O/c1-9-6-14(22)15(23(28)29)7-16(9)34-21-20(33-13(5)27)19(32-12(4)26)18(31-11(3)25)17(35-21)8-30-10(2)24;1-9-6-15(27)14(22(28)29)7-16(9)34-21-20(33-13(5)26)19(32-12(4)25)18(31-11(3)24)17(35-21)8-30-10(2)23;;;/h6-7,17-21H,8H2,1-5H3;6-7,17-21,27H,8H2,1-5H3;;;1H2. The van der Waals surface area contributed by atoms with E-state index in [1.54, 1.807) is 0 Å². The van der Waals surface area contributed by atoms with Gasteiger partial charge in [-0.2, -0.15) is 4.39 Å². The van der Waals surface area contributed by atoms with Crippen LogP contribution in [0.3, 0.4) is 0 Å². The van der Waals surface area contributed by atoms with Crippen molar-refractivity contribution >= 4 is 59.1 Å². The number of carbonyl (C=O) groups is 8. The van der Waals surface area contributed by atoms with Gasteiger partial charge in [-0.3, -0.25) is 58.6 Å². The van der Waals surface area contributed by atoms with Gasteiger partial charge in [-0.15, -0.1) is 0 Å². The number of esters is 8. The number of aromatic hydroxyl groups is 1. The van der Waals surface area contributed by atoms with E-state index in [1.165, 1.54) is 13.8 Å². The van der Waals surface area contributed by atoms with Crippen molar-refractivity contribution in [2.75, 3.05) is 13.2 Å². The normalized spacial score (nSPS) is 22.6. The molecule has 2 saturated heterocycles. The van der Waals surface area contributed by atoms with Crippen LogP contribution in [0.4, 0.5) is 15.8 Å². The maximum atomic E-state index is 14.0. The second-order valence-corrected chi connectivity index (χ2v) is 15.1. The average molecular weight is 1100 g/mol. The summed E-state index contributed by atoms with van der Waals surface area (Å²) in [4.78, 5) is 114. The Morgan fingerprint density at radius 3 is 1.14 bits per heavy atom. The van der Waals surface area contributed by atoms with Gasteiger partial charge in [-0.1, -0.05) is 0 Å². The van der Waals surface area contributed by atoms with E-state index in [9.17, 15) is 68.1 Å². The van der Waals surface area contributed by atoms with Crippen LogP contribution in [0, 0.1) is 115 Å². The molecule has 3 N–H and O–H groups in total. The topological polar surface area (TPSA) is 385 Å². The third-order valence-electron chi connectivity index (χ3n) is 9.29. The fourth-order valence-corrected chi connectivity index (χ4v) is 6.66. The number of hydrogen-bond donors (Lipinski definition) is 1. The smallest absolute Gasteiger partial charge is 0.314 e. The van der Waals surface area contributed by atoms with Gasteiger partial charge in [0.15, 0.2) is 30.2 Å². The molecular formula is C42H51Ar2FN2O26. The maximum Gasteiger partial charge on any atom is 0.314 e. The number of phenols is 1. The first-order chi connectivity index (χ1) is 32.6. The minimum absolute atomic E-state index is 0. The molecule has 0 amide bonds. The van der Waals surface area contributed by atoms with Crippen molar-refractivity contribution in [1.82, 2.24) is 0 Å². The van der Waals surface area contributed by atoms with Gasteiger partial charge in [0.2, 0.25) is 30.6 Å². The quantitative estimate of drug-likeness (QED) is 0.108. The molecule has 73 heavy (non-hydrogen) atoms. The van der Waals surface area contributed by atoms with Crippen molar-refractivity contribution in [2.24, 2.45) is 0 Å². The van der Waals surface area contributed by atoms with Crippen LogP contribution < -0.4 is 9.47 Å². The molecule has 2 aromatic rings. The van der Waals surface area contributed by atoms with Crippen LogP contribution in [0.1, 0.15) is 66.5 Å². The van der Waals surface area contributed by atoms with Gasteiger partial charge in [-0.05, 0) is 37.1 Å². The van der Waals surface area contributed by atoms with Crippen molar-refractivity contribution in [2.45, 2.75) is 131 Å². The van der Waals surface area contributed by atoms with Gasteiger partial charge in [0, 0.05) is 131 Å². The summed E-state index contributed by atoms with van der Waals surface area (Å²) >= 11 is 0. The van der Waals surface area contributed by atoms with E-state index in [0.29, 0.717) is 0 Å². The first-order valence-electron chi connectivity index (χ1n) is 20.5.